The van der Waals surface area contributed by atoms with Gasteiger partial charge in [-0.25, -0.2) is 13.4 Å². The number of rotatable bonds is 2. The van der Waals surface area contributed by atoms with E-state index in [2.05, 4.69) is 9.97 Å². The van der Waals surface area contributed by atoms with Crippen molar-refractivity contribution in [2.75, 3.05) is 0 Å². The maximum atomic E-state index is 12.4. The van der Waals surface area contributed by atoms with E-state index in [1.54, 1.807) is 0 Å². The molecule has 0 fully saturated rings. The van der Waals surface area contributed by atoms with Crippen LogP contribution in [0.4, 0.5) is 13.2 Å². The normalized spacial score (nSPS) is 12.6. The summed E-state index contributed by atoms with van der Waals surface area (Å²) in [5.74, 6) is 0. The van der Waals surface area contributed by atoms with Gasteiger partial charge in [-0.1, -0.05) is 12.1 Å². The number of alkyl halides is 3. The van der Waals surface area contributed by atoms with Crippen molar-refractivity contribution >= 4 is 9.84 Å². The van der Waals surface area contributed by atoms with Crippen LogP contribution in [0, 0.1) is 0 Å². The van der Waals surface area contributed by atoms with Gasteiger partial charge in [0.15, 0.2) is 0 Å². The number of aromatic nitrogens is 2. The van der Waals surface area contributed by atoms with E-state index in [0.29, 0.717) is 11.3 Å². The number of hydrogen-bond acceptors (Lipinski definition) is 3. The second kappa shape index (κ2) is 4.13. The average Bonchev–Trinajstić information content (AvgIpc) is 2.81. The van der Waals surface area contributed by atoms with Crippen LogP contribution >= 0.6 is 0 Å². The quantitative estimate of drug-likeness (QED) is 0.916. The van der Waals surface area contributed by atoms with Crippen molar-refractivity contribution in [2.24, 2.45) is 0 Å². The van der Waals surface area contributed by atoms with Crippen molar-refractivity contribution in [1.29, 1.82) is 0 Å². The molecule has 96 valence electrons. The van der Waals surface area contributed by atoms with Gasteiger partial charge in [0, 0.05) is 5.56 Å². The average molecular weight is 276 g/mol. The van der Waals surface area contributed by atoms with Crippen LogP contribution in [0.5, 0.6) is 0 Å². The predicted octanol–water partition coefficient (Wildman–Crippen LogP) is 2.37. The lowest BCUT2D eigenvalue weighted by Gasteiger charge is -2.08. The molecule has 1 N–H and O–H groups in total. The molecule has 8 heteroatoms. The third-order valence-corrected chi connectivity index (χ3v) is 3.74. The van der Waals surface area contributed by atoms with Gasteiger partial charge in [0.25, 0.3) is 9.84 Å². The maximum absolute atomic E-state index is 12.4. The summed E-state index contributed by atoms with van der Waals surface area (Å²) >= 11 is 0. The molecule has 2 rings (SSSR count). The molecular weight excluding hydrogens is 269 g/mol. The number of imidazole rings is 1. The Kier molecular flexibility index (Phi) is 2.89. The number of H-pyrrole nitrogens is 1. The minimum absolute atomic E-state index is 0.317. The van der Waals surface area contributed by atoms with E-state index in [1.165, 1.54) is 24.7 Å². The number of sulfone groups is 1. The van der Waals surface area contributed by atoms with E-state index in [9.17, 15) is 21.6 Å². The van der Waals surface area contributed by atoms with E-state index in [4.69, 9.17) is 0 Å². The molecule has 1 aromatic carbocycles. The fraction of sp³-hybridized carbons (Fsp3) is 0.100. The second-order valence-corrected chi connectivity index (χ2v) is 5.38. The molecule has 0 saturated heterocycles. The maximum Gasteiger partial charge on any atom is 0.501 e. The lowest BCUT2D eigenvalue weighted by Crippen LogP contribution is -2.23. The molecular formula is C10H7F3N2O2S. The highest BCUT2D eigenvalue weighted by molar-refractivity contribution is 7.92. The van der Waals surface area contributed by atoms with Crippen molar-refractivity contribution in [3.05, 3.63) is 36.8 Å². The second-order valence-electron chi connectivity index (χ2n) is 3.44. The molecule has 0 aliphatic heterocycles. The summed E-state index contributed by atoms with van der Waals surface area (Å²) < 4.78 is 59.6. The highest BCUT2D eigenvalue weighted by atomic mass is 32.2. The van der Waals surface area contributed by atoms with Crippen molar-refractivity contribution in [3.8, 4) is 11.3 Å². The van der Waals surface area contributed by atoms with Gasteiger partial charge in [-0.2, -0.15) is 13.2 Å². The Balaban J connectivity index is 2.53. The summed E-state index contributed by atoms with van der Waals surface area (Å²) in [7, 11) is -5.32. The monoisotopic (exact) mass is 276 g/mol. The van der Waals surface area contributed by atoms with E-state index >= 15 is 0 Å². The number of halogens is 3. The number of hydrogen-bond donors (Lipinski definition) is 1. The van der Waals surface area contributed by atoms with Crippen LogP contribution in [0.15, 0.2) is 41.7 Å². The largest absolute Gasteiger partial charge is 0.501 e. The van der Waals surface area contributed by atoms with Gasteiger partial charge >= 0.3 is 5.51 Å². The molecule has 1 heterocycles. The molecule has 0 amide bonds. The lowest BCUT2D eigenvalue weighted by molar-refractivity contribution is -0.0435. The molecule has 18 heavy (non-hydrogen) atoms. The molecule has 0 atom stereocenters. The molecule has 0 bridgehead atoms. The molecule has 4 nitrogen and oxygen atoms in total. The van der Waals surface area contributed by atoms with Crippen LogP contribution in [0.1, 0.15) is 0 Å². The standard InChI is InChI=1S/C10H7F3N2O2S/c11-10(12,13)18(16,17)8-3-1-2-7(4-8)9-5-14-6-15-9/h1-6H,(H,14,15). The number of nitrogens with one attached hydrogen (secondary N) is 1. The minimum atomic E-state index is -5.32. The van der Waals surface area contributed by atoms with Crippen molar-refractivity contribution < 1.29 is 21.6 Å². The zero-order chi connectivity index (χ0) is 13.4. The molecule has 1 aromatic heterocycles. The summed E-state index contributed by atoms with van der Waals surface area (Å²) in [6.45, 7) is 0. The first-order chi connectivity index (χ1) is 8.32. The van der Waals surface area contributed by atoms with Crippen LogP contribution in [0.2, 0.25) is 0 Å². The van der Waals surface area contributed by atoms with Crippen LogP contribution in [0.3, 0.4) is 0 Å². The van der Waals surface area contributed by atoms with Gasteiger partial charge < -0.3 is 4.98 Å². The Morgan fingerprint density at radius 3 is 2.50 bits per heavy atom. The zero-order valence-electron chi connectivity index (χ0n) is 8.77. The minimum Gasteiger partial charge on any atom is -0.345 e. The highest BCUT2D eigenvalue weighted by Gasteiger charge is 2.46. The van der Waals surface area contributed by atoms with Crippen molar-refractivity contribution in [3.63, 3.8) is 0 Å². The fourth-order valence-corrected chi connectivity index (χ4v) is 2.19. The van der Waals surface area contributed by atoms with Gasteiger partial charge in [0.1, 0.15) is 0 Å². The fourth-order valence-electron chi connectivity index (χ4n) is 1.38. The van der Waals surface area contributed by atoms with Crippen LogP contribution < -0.4 is 0 Å². The third kappa shape index (κ3) is 2.10. The molecule has 0 saturated carbocycles. The van der Waals surface area contributed by atoms with Crippen LogP contribution in [-0.4, -0.2) is 23.9 Å². The molecule has 0 unspecified atom stereocenters. The van der Waals surface area contributed by atoms with Crippen molar-refractivity contribution in [1.82, 2.24) is 9.97 Å². The number of aromatic amines is 1. The summed E-state index contributed by atoms with van der Waals surface area (Å²) in [5, 5.41) is 0. The summed E-state index contributed by atoms with van der Waals surface area (Å²) in [6.07, 6.45) is 2.74. The Hall–Kier alpha value is -1.83. The van der Waals surface area contributed by atoms with Gasteiger partial charge in [0.2, 0.25) is 0 Å². The Morgan fingerprint density at radius 2 is 1.94 bits per heavy atom. The first-order valence-electron chi connectivity index (χ1n) is 4.72. The van der Waals surface area contributed by atoms with E-state index in [1.807, 2.05) is 0 Å². The highest BCUT2D eigenvalue weighted by Crippen LogP contribution is 2.31. The Labute approximate surface area is 100 Å². The Bertz CT molecular complexity index is 648. The van der Waals surface area contributed by atoms with Crippen LogP contribution in [0.25, 0.3) is 11.3 Å². The van der Waals surface area contributed by atoms with Gasteiger partial charge in [-0.05, 0) is 12.1 Å². The summed E-state index contributed by atoms with van der Waals surface area (Å²) in [5.41, 5.74) is -4.55. The topological polar surface area (TPSA) is 62.8 Å². The molecule has 0 spiro atoms. The van der Waals surface area contributed by atoms with E-state index in [-0.39, 0.29) is 0 Å². The first kappa shape index (κ1) is 12.6. The number of nitrogens with zero attached hydrogens (tertiary/aromatic N) is 1. The van der Waals surface area contributed by atoms with E-state index in [0.717, 1.165) is 12.1 Å². The zero-order valence-corrected chi connectivity index (χ0v) is 9.59. The van der Waals surface area contributed by atoms with Crippen molar-refractivity contribution in [2.45, 2.75) is 10.4 Å². The first-order valence-corrected chi connectivity index (χ1v) is 6.21. The smallest absolute Gasteiger partial charge is 0.345 e. The predicted molar refractivity (Wildman–Crippen MR) is 57.3 cm³/mol. The number of benzene rings is 1. The van der Waals surface area contributed by atoms with Gasteiger partial charge in [-0.15, -0.1) is 0 Å². The molecule has 0 aliphatic rings. The molecule has 0 radical (unpaired) electrons. The summed E-state index contributed by atoms with van der Waals surface area (Å²) in [4.78, 5) is 5.61. The molecule has 0 aliphatic carbocycles. The van der Waals surface area contributed by atoms with Crippen LogP contribution in [-0.2, 0) is 9.84 Å². The summed E-state index contributed by atoms with van der Waals surface area (Å²) in [6, 6.07) is 4.59. The molecule has 2 aromatic rings. The van der Waals surface area contributed by atoms with Gasteiger partial charge in [-0.3, -0.25) is 0 Å². The Morgan fingerprint density at radius 1 is 1.22 bits per heavy atom. The van der Waals surface area contributed by atoms with Gasteiger partial charge in [0.05, 0.1) is 23.1 Å². The van der Waals surface area contributed by atoms with E-state index < -0.39 is 20.2 Å². The SMILES string of the molecule is O=S(=O)(c1cccc(-c2cnc[nH]2)c1)C(F)(F)F. The third-order valence-electron chi connectivity index (χ3n) is 2.26. The lowest BCUT2D eigenvalue weighted by atomic mass is 10.2.